The number of carbonyl (C=O) groups excluding carboxylic acids is 5. The molecule has 4 amide bonds. The number of ketones is 1. The van der Waals surface area contributed by atoms with Crippen molar-refractivity contribution in [2.24, 2.45) is 0 Å². The Bertz CT molecular complexity index is 1360. The fourth-order valence-corrected chi connectivity index (χ4v) is 4.42. The van der Waals surface area contributed by atoms with Gasteiger partial charge in [-0.1, -0.05) is 30.3 Å². The number of benzene rings is 2. The van der Waals surface area contributed by atoms with Crippen LogP contribution >= 0.6 is 0 Å². The molecule has 3 aromatic rings. The molecule has 1 aliphatic heterocycles. The lowest BCUT2D eigenvalue weighted by Crippen LogP contribution is -2.52. The van der Waals surface area contributed by atoms with Crippen LogP contribution in [0.3, 0.4) is 0 Å². The van der Waals surface area contributed by atoms with E-state index in [-0.39, 0.29) is 43.5 Å². The number of anilines is 1. The lowest BCUT2D eigenvalue weighted by atomic mass is 10.1. The van der Waals surface area contributed by atoms with Crippen LogP contribution in [0.5, 0.6) is 0 Å². The smallest absolute Gasteiger partial charge is 0.319 e. The van der Waals surface area contributed by atoms with Gasteiger partial charge in [0.25, 0.3) is 17.6 Å². The molecule has 0 spiro atoms. The van der Waals surface area contributed by atoms with Gasteiger partial charge in [-0.05, 0) is 31.5 Å². The molecule has 0 aliphatic carbocycles. The number of carbonyl (C=O) groups is 5. The highest BCUT2D eigenvalue weighted by Crippen LogP contribution is 2.26. The Morgan fingerprint density at radius 3 is 2.36 bits per heavy atom. The summed E-state index contributed by atoms with van der Waals surface area (Å²) >= 11 is 0. The maximum Gasteiger partial charge on any atom is 0.319 e. The molecule has 1 aromatic heterocycles. The van der Waals surface area contributed by atoms with Gasteiger partial charge >= 0.3 is 12.0 Å². The second-order valence-corrected chi connectivity index (χ2v) is 9.00. The van der Waals surface area contributed by atoms with Crippen LogP contribution in [-0.2, 0) is 14.3 Å². The number of H-pyrrole nitrogens is 1. The highest BCUT2D eigenvalue weighted by molar-refractivity contribution is 6.45. The predicted molar refractivity (Wildman–Crippen MR) is 144 cm³/mol. The van der Waals surface area contributed by atoms with E-state index in [2.05, 4.69) is 15.6 Å². The van der Waals surface area contributed by atoms with Gasteiger partial charge in [0.05, 0.1) is 23.4 Å². The summed E-state index contributed by atoms with van der Waals surface area (Å²) in [6, 6.07) is 13.5. The van der Waals surface area contributed by atoms with Gasteiger partial charge in [-0.15, -0.1) is 0 Å². The number of rotatable bonds is 9. The molecule has 1 saturated heterocycles. The number of fused-ring (bicyclic) bond motifs is 1. The van der Waals surface area contributed by atoms with E-state index in [0.717, 1.165) is 0 Å². The van der Waals surface area contributed by atoms with Crippen LogP contribution in [0.2, 0.25) is 0 Å². The molecule has 0 radical (unpaired) electrons. The summed E-state index contributed by atoms with van der Waals surface area (Å²) in [7, 11) is 0. The number of piperazine rings is 1. The number of Topliss-reactive ketones (excluding diaryl/α,β-unsaturated/α-hetero) is 1. The highest BCUT2D eigenvalue weighted by atomic mass is 16.5. The number of aromatic nitrogens is 1. The van der Waals surface area contributed by atoms with Crippen LogP contribution < -0.4 is 10.6 Å². The Morgan fingerprint density at radius 1 is 0.923 bits per heavy atom. The van der Waals surface area contributed by atoms with Crippen molar-refractivity contribution in [1.29, 1.82) is 0 Å². The Kier molecular flexibility index (Phi) is 8.93. The maximum atomic E-state index is 13.1. The molecule has 11 heteroatoms. The Hall–Kier alpha value is -4.67. The molecule has 11 nitrogen and oxygen atoms in total. The first-order chi connectivity index (χ1) is 18.9. The van der Waals surface area contributed by atoms with E-state index in [1.807, 2.05) is 6.07 Å². The summed E-state index contributed by atoms with van der Waals surface area (Å²) in [5.74, 6) is -1.72. The first-order valence-electron chi connectivity index (χ1n) is 12.9. The standard InChI is InChI=1S/C28H31N5O6/c1-2-39-23(34)12-7-13-29-28(38)31-22-11-6-10-20-21(18-30-24(20)22)25(35)27(37)33-16-14-32(15-17-33)26(36)19-8-4-3-5-9-19/h3-6,8-11,18,30H,2,7,12-17H2,1H3,(H2,29,31,38). The number of nitrogens with one attached hydrogen (secondary N) is 3. The van der Waals surface area contributed by atoms with Crippen molar-refractivity contribution < 1.29 is 28.7 Å². The van der Waals surface area contributed by atoms with E-state index in [0.29, 0.717) is 48.3 Å². The first kappa shape index (κ1) is 27.4. The van der Waals surface area contributed by atoms with Crippen molar-refractivity contribution in [3.05, 3.63) is 65.9 Å². The fraction of sp³-hybridized carbons (Fsp3) is 0.321. The maximum absolute atomic E-state index is 13.1. The zero-order chi connectivity index (χ0) is 27.8. The summed E-state index contributed by atoms with van der Waals surface area (Å²) in [6.07, 6.45) is 2.11. The molecule has 1 aliphatic rings. The average molecular weight is 534 g/mol. The summed E-state index contributed by atoms with van der Waals surface area (Å²) in [4.78, 5) is 68.7. The highest BCUT2D eigenvalue weighted by Gasteiger charge is 2.30. The zero-order valence-corrected chi connectivity index (χ0v) is 21.7. The Morgan fingerprint density at radius 2 is 1.64 bits per heavy atom. The first-order valence-corrected chi connectivity index (χ1v) is 12.9. The van der Waals surface area contributed by atoms with Gasteiger partial charge in [0.1, 0.15) is 0 Å². The van der Waals surface area contributed by atoms with Gasteiger partial charge < -0.3 is 30.2 Å². The third kappa shape index (κ3) is 6.61. The van der Waals surface area contributed by atoms with Crippen LogP contribution in [0, 0.1) is 0 Å². The summed E-state index contributed by atoms with van der Waals surface area (Å²) < 4.78 is 4.86. The van der Waals surface area contributed by atoms with E-state index in [4.69, 9.17) is 4.74 Å². The largest absolute Gasteiger partial charge is 0.466 e. The molecular formula is C28H31N5O6. The van der Waals surface area contributed by atoms with E-state index in [1.165, 1.54) is 11.1 Å². The van der Waals surface area contributed by atoms with E-state index < -0.39 is 17.7 Å². The van der Waals surface area contributed by atoms with Crippen LogP contribution in [0.1, 0.15) is 40.5 Å². The van der Waals surface area contributed by atoms with Crippen LogP contribution in [-0.4, -0.2) is 83.7 Å². The van der Waals surface area contributed by atoms with E-state index in [1.54, 1.807) is 54.3 Å². The van der Waals surface area contributed by atoms with Gasteiger partial charge in [-0.2, -0.15) is 0 Å². The molecule has 2 aromatic carbocycles. The molecule has 204 valence electrons. The van der Waals surface area contributed by atoms with Crippen LogP contribution in [0.25, 0.3) is 10.9 Å². The molecule has 4 rings (SSSR count). The topological polar surface area (TPSA) is 141 Å². The van der Waals surface area contributed by atoms with Crippen LogP contribution in [0.15, 0.2) is 54.7 Å². The van der Waals surface area contributed by atoms with Crippen molar-refractivity contribution >= 4 is 46.2 Å². The number of aromatic amines is 1. The van der Waals surface area contributed by atoms with Crippen molar-refractivity contribution in [1.82, 2.24) is 20.1 Å². The number of para-hydroxylation sites is 1. The van der Waals surface area contributed by atoms with Crippen molar-refractivity contribution in [3.8, 4) is 0 Å². The lowest BCUT2D eigenvalue weighted by Gasteiger charge is -2.34. The minimum absolute atomic E-state index is 0.103. The summed E-state index contributed by atoms with van der Waals surface area (Å²) in [5, 5.41) is 5.91. The molecule has 0 unspecified atom stereocenters. The SMILES string of the molecule is CCOC(=O)CCCNC(=O)Nc1cccc2c(C(=O)C(=O)N3CCN(C(=O)c4ccccc4)CC3)c[nH]c12. The molecule has 0 bridgehead atoms. The number of ether oxygens (including phenoxy) is 1. The molecule has 3 N–H and O–H groups in total. The van der Waals surface area contributed by atoms with Gasteiger partial charge in [-0.3, -0.25) is 19.2 Å². The minimum atomic E-state index is -0.662. The number of esters is 1. The monoisotopic (exact) mass is 533 g/mol. The third-order valence-corrected chi connectivity index (χ3v) is 6.43. The number of hydrogen-bond acceptors (Lipinski definition) is 6. The number of nitrogens with zero attached hydrogens (tertiary/aromatic N) is 2. The average Bonchev–Trinajstić information content (AvgIpc) is 3.40. The van der Waals surface area contributed by atoms with Crippen molar-refractivity contribution in [3.63, 3.8) is 0 Å². The predicted octanol–water partition coefficient (Wildman–Crippen LogP) is 2.80. The van der Waals surface area contributed by atoms with Crippen molar-refractivity contribution in [2.75, 3.05) is 44.6 Å². The molecule has 0 atom stereocenters. The van der Waals surface area contributed by atoms with E-state index >= 15 is 0 Å². The second-order valence-electron chi connectivity index (χ2n) is 9.00. The molecular weight excluding hydrogens is 502 g/mol. The zero-order valence-electron chi connectivity index (χ0n) is 21.7. The lowest BCUT2D eigenvalue weighted by molar-refractivity contribution is -0.143. The molecule has 1 fully saturated rings. The van der Waals surface area contributed by atoms with E-state index in [9.17, 15) is 24.0 Å². The summed E-state index contributed by atoms with van der Waals surface area (Å²) in [5.41, 5.74) is 1.74. The number of urea groups is 1. The van der Waals surface area contributed by atoms with Crippen molar-refractivity contribution in [2.45, 2.75) is 19.8 Å². The van der Waals surface area contributed by atoms with Gasteiger partial charge in [0.15, 0.2) is 0 Å². The second kappa shape index (κ2) is 12.7. The summed E-state index contributed by atoms with van der Waals surface area (Å²) in [6.45, 7) is 3.52. The number of hydrogen-bond donors (Lipinski definition) is 3. The van der Waals surface area contributed by atoms with Gasteiger partial charge in [0.2, 0.25) is 0 Å². The quantitative estimate of drug-likeness (QED) is 0.167. The number of amides is 4. The fourth-order valence-electron chi connectivity index (χ4n) is 4.42. The van der Waals surface area contributed by atoms with Gasteiger partial charge in [0, 0.05) is 56.3 Å². The molecule has 0 saturated carbocycles. The van der Waals surface area contributed by atoms with Crippen LogP contribution in [0.4, 0.5) is 10.5 Å². The Labute approximate surface area is 225 Å². The third-order valence-electron chi connectivity index (χ3n) is 6.43. The molecule has 2 heterocycles. The normalized spacial score (nSPS) is 13.2. The van der Waals surface area contributed by atoms with Gasteiger partial charge in [-0.25, -0.2) is 4.79 Å². The minimum Gasteiger partial charge on any atom is -0.466 e. The molecule has 39 heavy (non-hydrogen) atoms. The Balaban J connectivity index is 1.34.